The number of aliphatic imine (C=N–C) groups is 1. The molecule has 0 aliphatic rings. The largest absolute Gasteiger partial charge is 0.375 e. The first-order valence-corrected chi connectivity index (χ1v) is 8.68. The standard InChI is InChI=1S/C19H27N7/c1-5-12-20-19(22-15-18-24-23-16(2)26(18)4)21-13-9-14-25(3)17-10-7-6-8-11-17/h1,6-8,10-11H,9,12-15H2,2-4H3,(H2,20,21,22). The lowest BCUT2D eigenvalue weighted by Crippen LogP contribution is -2.39. The van der Waals surface area contributed by atoms with Crippen molar-refractivity contribution in [3.8, 4) is 12.3 Å². The van der Waals surface area contributed by atoms with Gasteiger partial charge in [0.05, 0.1) is 6.54 Å². The first kappa shape index (κ1) is 19.3. The quantitative estimate of drug-likeness (QED) is 0.324. The lowest BCUT2D eigenvalue weighted by molar-refractivity contribution is 0.726. The molecule has 0 unspecified atom stereocenters. The van der Waals surface area contributed by atoms with Gasteiger partial charge in [-0.1, -0.05) is 24.1 Å². The minimum Gasteiger partial charge on any atom is -0.375 e. The molecular weight excluding hydrogens is 326 g/mol. The van der Waals surface area contributed by atoms with E-state index in [0.29, 0.717) is 19.0 Å². The Morgan fingerprint density at radius 3 is 2.69 bits per heavy atom. The zero-order valence-corrected chi connectivity index (χ0v) is 15.7. The summed E-state index contributed by atoms with van der Waals surface area (Å²) in [5, 5.41) is 14.6. The third-order valence-corrected chi connectivity index (χ3v) is 4.08. The second-order valence-corrected chi connectivity index (χ2v) is 5.98. The summed E-state index contributed by atoms with van der Waals surface area (Å²) in [6.07, 6.45) is 6.32. The number of hydrogen-bond donors (Lipinski definition) is 2. The Bertz CT molecular complexity index is 743. The van der Waals surface area contributed by atoms with Crippen LogP contribution in [0.25, 0.3) is 0 Å². The van der Waals surface area contributed by atoms with E-state index in [9.17, 15) is 0 Å². The molecule has 7 nitrogen and oxygen atoms in total. The van der Waals surface area contributed by atoms with Gasteiger partial charge in [0.2, 0.25) is 0 Å². The molecular formula is C19H27N7. The lowest BCUT2D eigenvalue weighted by atomic mass is 10.3. The zero-order valence-electron chi connectivity index (χ0n) is 15.7. The molecule has 138 valence electrons. The number of rotatable bonds is 8. The van der Waals surface area contributed by atoms with Crippen molar-refractivity contribution in [1.82, 2.24) is 25.4 Å². The summed E-state index contributed by atoms with van der Waals surface area (Å²) in [4.78, 5) is 6.77. The Labute approximate surface area is 155 Å². The highest BCUT2D eigenvalue weighted by molar-refractivity contribution is 5.79. The van der Waals surface area contributed by atoms with Gasteiger partial charge in [0.1, 0.15) is 12.4 Å². The Balaban J connectivity index is 1.82. The fraction of sp³-hybridized carbons (Fsp3) is 0.421. The predicted molar refractivity (Wildman–Crippen MR) is 106 cm³/mol. The van der Waals surface area contributed by atoms with Gasteiger partial charge in [-0.15, -0.1) is 16.6 Å². The van der Waals surface area contributed by atoms with Crippen LogP contribution < -0.4 is 15.5 Å². The van der Waals surface area contributed by atoms with Gasteiger partial charge in [0.25, 0.3) is 0 Å². The van der Waals surface area contributed by atoms with Gasteiger partial charge in [-0.2, -0.15) is 0 Å². The maximum atomic E-state index is 5.34. The van der Waals surface area contributed by atoms with Crippen LogP contribution in [-0.2, 0) is 13.6 Å². The molecule has 0 atom stereocenters. The van der Waals surface area contributed by atoms with Crippen LogP contribution in [0.15, 0.2) is 35.3 Å². The number of benzene rings is 1. The summed E-state index contributed by atoms with van der Waals surface area (Å²) in [6.45, 7) is 4.53. The SMILES string of the molecule is C#CCNC(=NCc1nnc(C)n1C)NCCCN(C)c1ccccc1. The van der Waals surface area contributed by atoms with Crippen LogP contribution in [0.1, 0.15) is 18.1 Å². The van der Waals surface area contributed by atoms with Gasteiger partial charge in [-0.3, -0.25) is 0 Å². The molecule has 0 saturated carbocycles. The van der Waals surface area contributed by atoms with E-state index in [2.05, 4.69) is 55.8 Å². The fourth-order valence-corrected chi connectivity index (χ4v) is 2.38. The van der Waals surface area contributed by atoms with Gasteiger partial charge in [0.15, 0.2) is 11.8 Å². The fourth-order valence-electron chi connectivity index (χ4n) is 2.38. The monoisotopic (exact) mass is 353 g/mol. The molecule has 1 aromatic heterocycles. The van der Waals surface area contributed by atoms with E-state index in [-0.39, 0.29) is 0 Å². The van der Waals surface area contributed by atoms with E-state index in [0.717, 1.165) is 31.2 Å². The first-order chi connectivity index (χ1) is 12.6. The number of terminal acetylenes is 1. The average Bonchev–Trinajstić information content (AvgIpc) is 2.99. The molecule has 0 radical (unpaired) electrons. The van der Waals surface area contributed by atoms with Gasteiger partial charge >= 0.3 is 0 Å². The molecule has 0 aliphatic heterocycles. The van der Waals surface area contributed by atoms with Crippen molar-refractivity contribution < 1.29 is 0 Å². The third-order valence-electron chi connectivity index (χ3n) is 4.08. The highest BCUT2D eigenvalue weighted by Gasteiger charge is 2.05. The topological polar surface area (TPSA) is 70.4 Å². The molecule has 7 heteroatoms. The maximum absolute atomic E-state index is 5.34. The predicted octanol–water partition coefficient (Wildman–Crippen LogP) is 1.32. The second kappa shape index (κ2) is 10.1. The minimum atomic E-state index is 0.424. The van der Waals surface area contributed by atoms with Crippen molar-refractivity contribution in [2.24, 2.45) is 12.0 Å². The normalized spacial score (nSPS) is 11.1. The van der Waals surface area contributed by atoms with E-state index in [1.54, 1.807) is 0 Å². The molecule has 0 fully saturated rings. The van der Waals surface area contributed by atoms with E-state index in [4.69, 9.17) is 6.42 Å². The highest BCUT2D eigenvalue weighted by Crippen LogP contribution is 2.10. The molecule has 0 aliphatic carbocycles. The number of aryl methyl sites for hydroxylation is 1. The minimum absolute atomic E-state index is 0.424. The smallest absolute Gasteiger partial charge is 0.192 e. The van der Waals surface area contributed by atoms with Crippen molar-refractivity contribution >= 4 is 11.6 Å². The summed E-state index contributed by atoms with van der Waals surface area (Å²) in [5.74, 6) is 4.93. The highest BCUT2D eigenvalue weighted by atomic mass is 15.3. The summed E-state index contributed by atoms with van der Waals surface area (Å²) < 4.78 is 1.93. The van der Waals surface area contributed by atoms with E-state index in [1.165, 1.54) is 5.69 Å². The number of nitrogens with zero attached hydrogens (tertiary/aromatic N) is 5. The molecule has 26 heavy (non-hydrogen) atoms. The van der Waals surface area contributed by atoms with Gasteiger partial charge in [-0.05, 0) is 25.5 Å². The first-order valence-electron chi connectivity index (χ1n) is 8.68. The van der Waals surface area contributed by atoms with Crippen LogP contribution >= 0.6 is 0 Å². The molecule has 0 bridgehead atoms. The number of aromatic nitrogens is 3. The van der Waals surface area contributed by atoms with E-state index in [1.807, 2.05) is 36.7 Å². The molecule has 2 rings (SSSR count). The number of nitrogens with one attached hydrogen (secondary N) is 2. The lowest BCUT2D eigenvalue weighted by Gasteiger charge is -2.19. The Morgan fingerprint density at radius 1 is 1.27 bits per heavy atom. The molecule has 2 N–H and O–H groups in total. The van der Waals surface area contributed by atoms with E-state index >= 15 is 0 Å². The van der Waals surface area contributed by atoms with Crippen molar-refractivity contribution in [3.63, 3.8) is 0 Å². The molecule has 0 spiro atoms. The number of para-hydroxylation sites is 1. The number of guanidine groups is 1. The van der Waals surface area contributed by atoms with E-state index < -0.39 is 0 Å². The van der Waals surface area contributed by atoms with Crippen LogP contribution in [0.5, 0.6) is 0 Å². The summed E-state index contributed by atoms with van der Waals surface area (Å²) in [7, 11) is 4.03. The van der Waals surface area contributed by atoms with Crippen molar-refractivity contribution in [1.29, 1.82) is 0 Å². The molecule has 2 aromatic rings. The number of hydrogen-bond acceptors (Lipinski definition) is 4. The average molecular weight is 353 g/mol. The molecule has 0 saturated heterocycles. The summed E-state index contributed by atoms with van der Waals surface area (Å²) in [6, 6.07) is 10.3. The summed E-state index contributed by atoms with van der Waals surface area (Å²) in [5.41, 5.74) is 1.21. The Kier molecular flexibility index (Phi) is 7.49. The summed E-state index contributed by atoms with van der Waals surface area (Å²) >= 11 is 0. The molecule has 0 amide bonds. The van der Waals surface area contributed by atoms with Crippen LogP contribution in [0.3, 0.4) is 0 Å². The molecule has 1 aromatic carbocycles. The van der Waals surface area contributed by atoms with Crippen LogP contribution in [0.2, 0.25) is 0 Å². The second-order valence-electron chi connectivity index (χ2n) is 5.98. The third kappa shape index (κ3) is 5.81. The van der Waals surface area contributed by atoms with Gasteiger partial charge < -0.3 is 20.1 Å². The Hall–Kier alpha value is -3.01. The van der Waals surface area contributed by atoms with Crippen LogP contribution in [-0.4, -0.2) is 47.4 Å². The zero-order chi connectivity index (χ0) is 18.8. The van der Waals surface area contributed by atoms with Crippen molar-refractivity contribution in [2.75, 3.05) is 31.6 Å². The van der Waals surface area contributed by atoms with Crippen LogP contribution in [0, 0.1) is 19.3 Å². The number of anilines is 1. The van der Waals surface area contributed by atoms with Gasteiger partial charge in [0, 0.05) is 32.9 Å². The molecule has 1 heterocycles. The maximum Gasteiger partial charge on any atom is 0.192 e. The van der Waals surface area contributed by atoms with Crippen LogP contribution in [0.4, 0.5) is 5.69 Å². The van der Waals surface area contributed by atoms with Gasteiger partial charge in [-0.25, -0.2) is 4.99 Å². The van der Waals surface area contributed by atoms with Crippen molar-refractivity contribution in [3.05, 3.63) is 42.0 Å². The Morgan fingerprint density at radius 2 is 2.04 bits per heavy atom. The van der Waals surface area contributed by atoms with Crippen molar-refractivity contribution in [2.45, 2.75) is 19.9 Å².